The molecule has 0 bridgehead atoms. The minimum atomic E-state index is 0.108. The van der Waals surface area contributed by atoms with Crippen LogP contribution in [0.15, 0.2) is 18.2 Å². The van der Waals surface area contributed by atoms with Gasteiger partial charge in [-0.2, -0.15) is 0 Å². The van der Waals surface area contributed by atoms with E-state index in [0.29, 0.717) is 28.7 Å². The Balaban J connectivity index is 2.39. The number of carbonyl (C=O) groups excluding carboxylic acids is 1. The molecular weight excluding hydrogens is 233 g/mol. The minimum absolute atomic E-state index is 0.108. The molecular formula is C11H11Cl2NO. The van der Waals surface area contributed by atoms with Crippen molar-refractivity contribution in [2.45, 2.75) is 19.3 Å². The van der Waals surface area contributed by atoms with E-state index in [4.69, 9.17) is 23.2 Å². The highest BCUT2D eigenvalue weighted by molar-refractivity contribution is 6.39. The lowest BCUT2D eigenvalue weighted by Gasteiger charge is -2.28. The van der Waals surface area contributed by atoms with Crippen LogP contribution >= 0.6 is 23.2 Å². The van der Waals surface area contributed by atoms with Crippen LogP contribution in [0, 0.1) is 0 Å². The van der Waals surface area contributed by atoms with Gasteiger partial charge in [0.1, 0.15) is 0 Å². The van der Waals surface area contributed by atoms with E-state index >= 15 is 0 Å². The summed E-state index contributed by atoms with van der Waals surface area (Å²) in [4.78, 5) is 13.4. The fraction of sp³-hybridized carbons (Fsp3) is 0.364. The Kier molecular flexibility index (Phi) is 3.17. The highest BCUT2D eigenvalue weighted by Crippen LogP contribution is 2.35. The average molecular weight is 244 g/mol. The van der Waals surface area contributed by atoms with Crippen LogP contribution in [0.5, 0.6) is 0 Å². The smallest absolute Gasteiger partial charge is 0.227 e. The number of hydrogen-bond donors (Lipinski definition) is 0. The Bertz CT molecular complexity index is 372. The molecule has 1 aromatic carbocycles. The van der Waals surface area contributed by atoms with Crippen molar-refractivity contribution in [2.75, 3.05) is 11.4 Å². The highest BCUT2D eigenvalue weighted by Gasteiger charge is 2.23. The summed E-state index contributed by atoms with van der Waals surface area (Å²) in [6.45, 7) is 0.711. The normalized spacial score (nSPS) is 16.9. The molecule has 4 heteroatoms. The summed E-state index contributed by atoms with van der Waals surface area (Å²) in [6.07, 6.45) is 2.55. The van der Waals surface area contributed by atoms with E-state index in [1.807, 2.05) is 0 Å². The monoisotopic (exact) mass is 243 g/mol. The minimum Gasteiger partial charge on any atom is -0.310 e. The largest absolute Gasteiger partial charge is 0.310 e. The maximum Gasteiger partial charge on any atom is 0.227 e. The van der Waals surface area contributed by atoms with E-state index in [-0.39, 0.29) is 5.91 Å². The molecule has 0 N–H and O–H groups in total. The van der Waals surface area contributed by atoms with Gasteiger partial charge in [0.2, 0.25) is 5.91 Å². The van der Waals surface area contributed by atoms with Gasteiger partial charge in [0, 0.05) is 13.0 Å². The van der Waals surface area contributed by atoms with Crippen molar-refractivity contribution < 1.29 is 4.79 Å². The highest BCUT2D eigenvalue weighted by atomic mass is 35.5. The molecule has 1 aliphatic rings. The number of nitrogens with zero attached hydrogens (tertiary/aromatic N) is 1. The van der Waals surface area contributed by atoms with Crippen molar-refractivity contribution in [3.05, 3.63) is 28.2 Å². The van der Waals surface area contributed by atoms with Crippen LogP contribution in [0.3, 0.4) is 0 Å². The molecule has 15 heavy (non-hydrogen) atoms. The number of halogens is 2. The predicted octanol–water partition coefficient (Wildman–Crippen LogP) is 3.51. The number of anilines is 1. The second kappa shape index (κ2) is 4.42. The molecule has 0 radical (unpaired) electrons. The Labute approximate surface area is 98.8 Å². The number of rotatable bonds is 1. The van der Waals surface area contributed by atoms with Crippen molar-refractivity contribution in [2.24, 2.45) is 0 Å². The summed E-state index contributed by atoms with van der Waals surface area (Å²) in [7, 11) is 0. The Morgan fingerprint density at radius 1 is 1.13 bits per heavy atom. The summed E-state index contributed by atoms with van der Waals surface area (Å²) < 4.78 is 0. The number of carbonyl (C=O) groups is 1. The standard InChI is InChI=1S/C11H11Cl2NO/c12-8-4-3-5-9(13)11(8)14-7-2-1-6-10(14)15/h3-5H,1-2,6-7H2. The van der Waals surface area contributed by atoms with Gasteiger partial charge in [0.05, 0.1) is 15.7 Å². The molecule has 80 valence electrons. The van der Waals surface area contributed by atoms with Crippen LogP contribution in [-0.4, -0.2) is 12.5 Å². The maximum atomic E-state index is 11.7. The van der Waals surface area contributed by atoms with Gasteiger partial charge in [-0.25, -0.2) is 0 Å². The molecule has 0 unspecified atom stereocenters. The van der Waals surface area contributed by atoms with Crippen molar-refractivity contribution >= 4 is 34.8 Å². The van der Waals surface area contributed by atoms with Gasteiger partial charge in [-0.1, -0.05) is 29.3 Å². The maximum absolute atomic E-state index is 11.7. The molecule has 1 saturated heterocycles. The fourth-order valence-corrected chi connectivity index (χ4v) is 2.39. The topological polar surface area (TPSA) is 20.3 Å². The second-order valence-electron chi connectivity index (χ2n) is 3.57. The molecule has 2 nitrogen and oxygen atoms in total. The number of piperidine rings is 1. The van der Waals surface area contributed by atoms with E-state index < -0.39 is 0 Å². The van der Waals surface area contributed by atoms with Gasteiger partial charge in [0.15, 0.2) is 0 Å². The summed E-state index contributed by atoms with van der Waals surface area (Å²) in [5, 5.41) is 1.08. The van der Waals surface area contributed by atoms with Crippen LogP contribution in [0.4, 0.5) is 5.69 Å². The van der Waals surface area contributed by atoms with Crippen LogP contribution in [0.1, 0.15) is 19.3 Å². The van der Waals surface area contributed by atoms with E-state index in [2.05, 4.69) is 0 Å². The first-order valence-electron chi connectivity index (χ1n) is 4.94. The van der Waals surface area contributed by atoms with E-state index in [0.717, 1.165) is 12.8 Å². The van der Waals surface area contributed by atoms with E-state index in [9.17, 15) is 4.79 Å². The molecule has 0 aliphatic carbocycles. The van der Waals surface area contributed by atoms with Crippen molar-refractivity contribution in [1.82, 2.24) is 0 Å². The lowest BCUT2D eigenvalue weighted by atomic mass is 10.1. The Morgan fingerprint density at radius 3 is 2.40 bits per heavy atom. The zero-order valence-corrected chi connectivity index (χ0v) is 9.68. The van der Waals surface area contributed by atoms with Crippen molar-refractivity contribution in [3.63, 3.8) is 0 Å². The molecule has 2 rings (SSSR count). The van der Waals surface area contributed by atoms with E-state index in [1.165, 1.54) is 0 Å². The predicted molar refractivity (Wildman–Crippen MR) is 62.7 cm³/mol. The van der Waals surface area contributed by atoms with E-state index in [1.54, 1.807) is 23.1 Å². The molecule has 0 spiro atoms. The van der Waals surface area contributed by atoms with Gasteiger partial charge in [-0.15, -0.1) is 0 Å². The lowest BCUT2D eigenvalue weighted by Crippen LogP contribution is -2.35. The zero-order chi connectivity index (χ0) is 10.8. The third-order valence-electron chi connectivity index (χ3n) is 2.53. The number of hydrogen-bond acceptors (Lipinski definition) is 1. The number of para-hydroxylation sites is 1. The number of amides is 1. The molecule has 1 fully saturated rings. The zero-order valence-electron chi connectivity index (χ0n) is 8.17. The first kappa shape index (κ1) is 10.8. The quantitative estimate of drug-likeness (QED) is 0.740. The first-order chi connectivity index (χ1) is 7.20. The summed E-state index contributed by atoms with van der Waals surface area (Å²) in [5.41, 5.74) is 0.658. The van der Waals surface area contributed by atoms with Gasteiger partial charge in [-0.05, 0) is 25.0 Å². The van der Waals surface area contributed by atoms with Gasteiger partial charge in [0.25, 0.3) is 0 Å². The first-order valence-corrected chi connectivity index (χ1v) is 5.70. The Hall–Kier alpha value is -0.730. The van der Waals surface area contributed by atoms with Gasteiger partial charge in [-0.3, -0.25) is 4.79 Å². The average Bonchev–Trinajstić information content (AvgIpc) is 2.20. The molecule has 0 aromatic heterocycles. The van der Waals surface area contributed by atoms with Crippen LogP contribution in [0.25, 0.3) is 0 Å². The SMILES string of the molecule is O=C1CCCCN1c1c(Cl)cccc1Cl. The summed E-state index contributed by atoms with van der Waals surface area (Å²) in [5.74, 6) is 0.108. The van der Waals surface area contributed by atoms with Crippen LogP contribution in [-0.2, 0) is 4.79 Å². The van der Waals surface area contributed by atoms with Crippen molar-refractivity contribution in [1.29, 1.82) is 0 Å². The second-order valence-corrected chi connectivity index (χ2v) is 4.39. The van der Waals surface area contributed by atoms with Gasteiger partial charge < -0.3 is 4.90 Å². The van der Waals surface area contributed by atoms with Crippen molar-refractivity contribution in [3.8, 4) is 0 Å². The summed E-state index contributed by atoms with van der Waals surface area (Å²) in [6, 6.07) is 5.29. The molecule has 1 heterocycles. The number of benzene rings is 1. The molecule has 1 aliphatic heterocycles. The Morgan fingerprint density at radius 2 is 1.80 bits per heavy atom. The molecule has 0 atom stereocenters. The molecule has 0 saturated carbocycles. The molecule has 1 amide bonds. The third kappa shape index (κ3) is 2.11. The fourth-order valence-electron chi connectivity index (χ4n) is 1.79. The van der Waals surface area contributed by atoms with Crippen LogP contribution in [0.2, 0.25) is 10.0 Å². The third-order valence-corrected chi connectivity index (χ3v) is 3.14. The summed E-state index contributed by atoms with van der Waals surface area (Å²) >= 11 is 12.1. The van der Waals surface area contributed by atoms with Gasteiger partial charge >= 0.3 is 0 Å². The lowest BCUT2D eigenvalue weighted by molar-refractivity contribution is -0.119. The van der Waals surface area contributed by atoms with Crippen LogP contribution < -0.4 is 4.90 Å². The molecule has 1 aromatic rings.